The molecule has 5 heteroatoms. The highest BCUT2D eigenvalue weighted by atomic mass is 16.2. The minimum absolute atomic E-state index is 0.0105. The average Bonchev–Trinajstić information content (AvgIpc) is 2.73. The maximum atomic E-state index is 12.3. The van der Waals surface area contributed by atoms with Gasteiger partial charge in [0.05, 0.1) is 11.1 Å². The normalized spacial score (nSPS) is 13.3. The van der Waals surface area contributed by atoms with E-state index < -0.39 is 5.91 Å². The molecule has 3 amide bonds. The van der Waals surface area contributed by atoms with E-state index in [0.29, 0.717) is 16.8 Å². The van der Waals surface area contributed by atoms with Gasteiger partial charge in [-0.25, -0.2) is 0 Å². The molecule has 21 heavy (non-hydrogen) atoms. The number of fused-ring (bicyclic) bond motifs is 1. The number of amides is 3. The van der Waals surface area contributed by atoms with Gasteiger partial charge in [-0.2, -0.15) is 0 Å². The largest absolute Gasteiger partial charge is 0.326 e. The summed E-state index contributed by atoms with van der Waals surface area (Å²) in [6.07, 6.45) is 3.62. The highest BCUT2D eigenvalue weighted by molar-refractivity contribution is 6.22. The second-order valence-electron chi connectivity index (χ2n) is 5.31. The monoisotopic (exact) mass is 288 g/mol. The number of imide groups is 1. The van der Waals surface area contributed by atoms with E-state index in [1.807, 2.05) is 0 Å². The van der Waals surface area contributed by atoms with E-state index in [9.17, 15) is 14.4 Å². The van der Waals surface area contributed by atoms with Crippen molar-refractivity contribution in [3.63, 3.8) is 0 Å². The summed E-state index contributed by atoms with van der Waals surface area (Å²) in [5, 5.41) is 5.08. The lowest BCUT2D eigenvalue weighted by Crippen LogP contribution is -2.23. The minimum atomic E-state index is -0.412. The van der Waals surface area contributed by atoms with Crippen molar-refractivity contribution in [2.45, 2.75) is 39.5 Å². The highest BCUT2D eigenvalue weighted by Crippen LogP contribution is 2.22. The first-order valence-electron chi connectivity index (χ1n) is 7.37. The van der Waals surface area contributed by atoms with Crippen LogP contribution in [0.5, 0.6) is 0 Å². The smallest absolute Gasteiger partial charge is 0.259 e. The average molecular weight is 288 g/mol. The molecule has 0 saturated heterocycles. The van der Waals surface area contributed by atoms with Crippen molar-refractivity contribution in [2.75, 3.05) is 5.32 Å². The molecule has 2 N–H and O–H groups in total. The number of carbonyl (C=O) groups is 3. The molecule has 0 spiro atoms. The Morgan fingerprint density at radius 1 is 1.10 bits per heavy atom. The maximum absolute atomic E-state index is 12.3. The third-order valence-corrected chi connectivity index (χ3v) is 3.65. The lowest BCUT2D eigenvalue weighted by atomic mass is 9.97. The van der Waals surface area contributed by atoms with Crippen LogP contribution in [0.15, 0.2) is 18.2 Å². The molecule has 1 heterocycles. The van der Waals surface area contributed by atoms with Crippen LogP contribution in [-0.4, -0.2) is 17.7 Å². The van der Waals surface area contributed by atoms with E-state index in [2.05, 4.69) is 24.5 Å². The van der Waals surface area contributed by atoms with Gasteiger partial charge in [-0.05, 0) is 31.0 Å². The number of anilines is 1. The Hall–Kier alpha value is -2.17. The standard InChI is InChI=1S/C16H20N2O3/c1-3-5-10(6-4-2)14(19)17-11-7-8-12-13(9-11)16(21)18-15(12)20/h7-10H,3-6H2,1-2H3,(H,17,19)(H,18,20,21). The molecule has 0 atom stereocenters. The number of nitrogens with one attached hydrogen (secondary N) is 2. The van der Waals surface area contributed by atoms with Gasteiger partial charge in [0.25, 0.3) is 11.8 Å². The molecule has 0 aromatic heterocycles. The van der Waals surface area contributed by atoms with E-state index in [-0.39, 0.29) is 17.7 Å². The van der Waals surface area contributed by atoms with Gasteiger partial charge in [-0.3, -0.25) is 19.7 Å². The number of carbonyl (C=O) groups excluding carboxylic acids is 3. The quantitative estimate of drug-likeness (QED) is 0.790. The van der Waals surface area contributed by atoms with Crippen LogP contribution >= 0.6 is 0 Å². The predicted octanol–water partition coefficient (Wildman–Crippen LogP) is 2.73. The van der Waals surface area contributed by atoms with Crippen LogP contribution in [-0.2, 0) is 4.79 Å². The predicted molar refractivity (Wildman–Crippen MR) is 80.2 cm³/mol. The van der Waals surface area contributed by atoms with E-state index in [4.69, 9.17) is 0 Å². The number of hydrogen-bond acceptors (Lipinski definition) is 3. The molecule has 0 aliphatic carbocycles. The van der Waals surface area contributed by atoms with Crippen molar-refractivity contribution in [1.82, 2.24) is 5.32 Å². The SMILES string of the molecule is CCCC(CCC)C(=O)Nc1ccc2c(c1)C(=O)NC2=O. The summed E-state index contributed by atoms with van der Waals surface area (Å²) in [5.41, 5.74) is 1.23. The summed E-state index contributed by atoms with van der Waals surface area (Å²) in [4.78, 5) is 35.3. The molecule has 112 valence electrons. The fourth-order valence-corrected chi connectivity index (χ4v) is 2.59. The van der Waals surface area contributed by atoms with Gasteiger partial charge in [0.15, 0.2) is 0 Å². The van der Waals surface area contributed by atoms with Crippen LogP contribution < -0.4 is 10.6 Å². The summed E-state index contributed by atoms with van der Waals surface area (Å²) < 4.78 is 0. The fraction of sp³-hybridized carbons (Fsp3) is 0.438. The van der Waals surface area contributed by atoms with Crippen molar-refractivity contribution < 1.29 is 14.4 Å². The molecule has 0 fully saturated rings. The zero-order valence-corrected chi connectivity index (χ0v) is 12.4. The van der Waals surface area contributed by atoms with Gasteiger partial charge in [-0.15, -0.1) is 0 Å². The Morgan fingerprint density at radius 3 is 2.33 bits per heavy atom. The Labute approximate surface area is 124 Å². The van der Waals surface area contributed by atoms with E-state index in [0.717, 1.165) is 25.7 Å². The molecule has 5 nitrogen and oxygen atoms in total. The Bertz CT molecular complexity index is 575. The Morgan fingerprint density at radius 2 is 1.71 bits per heavy atom. The lowest BCUT2D eigenvalue weighted by Gasteiger charge is -2.15. The second kappa shape index (κ2) is 6.52. The first-order valence-corrected chi connectivity index (χ1v) is 7.37. The van der Waals surface area contributed by atoms with Gasteiger partial charge in [0.1, 0.15) is 0 Å². The van der Waals surface area contributed by atoms with Crippen LogP contribution in [0.3, 0.4) is 0 Å². The van der Waals surface area contributed by atoms with Crippen molar-refractivity contribution in [1.29, 1.82) is 0 Å². The first kappa shape index (κ1) is 15.2. The van der Waals surface area contributed by atoms with Gasteiger partial charge in [0.2, 0.25) is 5.91 Å². The van der Waals surface area contributed by atoms with Crippen molar-refractivity contribution >= 4 is 23.4 Å². The summed E-state index contributed by atoms with van der Waals surface area (Å²) in [6.45, 7) is 4.11. The lowest BCUT2D eigenvalue weighted by molar-refractivity contribution is -0.120. The molecule has 2 rings (SSSR count). The molecular weight excluding hydrogens is 268 g/mol. The van der Waals surface area contributed by atoms with Crippen molar-refractivity contribution in [2.24, 2.45) is 5.92 Å². The van der Waals surface area contributed by atoms with Crippen molar-refractivity contribution in [3.05, 3.63) is 29.3 Å². The van der Waals surface area contributed by atoms with Gasteiger partial charge in [-0.1, -0.05) is 26.7 Å². The molecule has 1 aliphatic rings. The number of benzene rings is 1. The second-order valence-corrected chi connectivity index (χ2v) is 5.31. The van der Waals surface area contributed by atoms with Gasteiger partial charge >= 0.3 is 0 Å². The zero-order chi connectivity index (χ0) is 15.4. The molecule has 0 saturated carbocycles. The molecule has 0 bridgehead atoms. The van der Waals surface area contributed by atoms with Crippen molar-refractivity contribution in [3.8, 4) is 0 Å². The summed E-state index contributed by atoms with van der Waals surface area (Å²) >= 11 is 0. The number of hydrogen-bond donors (Lipinski definition) is 2. The Kier molecular flexibility index (Phi) is 4.73. The minimum Gasteiger partial charge on any atom is -0.326 e. The van der Waals surface area contributed by atoms with Gasteiger partial charge in [0, 0.05) is 11.6 Å². The van der Waals surface area contributed by atoms with E-state index in [1.165, 1.54) is 0 Å². The summed E-state index contributed by atoms with van der Waals surface area (Å²) in [7, 11) is 0. The van der Waals surface area contributed by atoms with Crippen LogP contribution in [0.4, 0.5) is 5.69 Å². The molecule has 1 aromatic carbocycles. The third-order valence-electron chi connectivity index (χ3n) is 3.65. The maximum Gasteiger partial charge on any atom is 0.259 e. The van der Waals surface area contributed by atoms with E-state index in [1.54, 1.807) is 18.2 Å². The van der Waals surface area contributed by atoms with Gasteiger partial charge < -0.3 is 5.32 Å². The van der Waals surface area contributed by atoms with Crippen LogP contribution in [0.2, 0.25) is 0 Å². The first-order chi connectivity index (χ1) is 10.1. The zero-order valence-electron chi connectivity index (χ0n) is 12.4. The fourth-order valence-electron chi connectivity index (χ4n) is 2.59. The van der Waals surface area contributed by atoms with Crippen LogP contribution in [0, 0.1) is 5.92 Å². The van der Waals surface area contributed by atoms with E-state index >= 15 is 0 Å². The molecule has 1 aromatic rings. The topological polar surface area (TPSA) is 75.3 Å². The van der Waals surface area contributed by atoms with Crippen LogP contribution in [0.25, 0.3) is 0 Å². The third kappa shape index (κ3) is 3.29. The molecule has 0 unspecified atom stereocenters. The molecular formula is C16H20N2O3. The molecule has 0 radical (unpaired) electrons. The van der Waals surface area contributed by atoms with Crippen LogP contribution in [0.1, 0.15) is 60.2 Å². The summed E-state index contributed by atoms with van der Waals surface area (Å²) in [6, 6.07) is 4.78. The highest BCUT2D eigenvalue weighted by Gasteiger charge is 2.27. The Balaban J connectivity index is 2.13. The molecule has 1 aliphatic heterocycles. The summed E-state index contributed by atoms with van der Waals surface area (Å²) in [5.74, 6) is -0.834. The number of rotatable bonds is 6.